The minimum Gasteiger partial charge on any atom is -0.493 e. The standard InChI is InChI=1S/C15H18N2O4/c1-16-14-9-10(5-6-17-14)21-11-7-12(18-2)15(20-4)13(8-11)19-3/h5-9H,1-4H3,(H,16,17). The Labute approximate surface area is 123 Å². The molecule has 0 saturated carbocycles. The van der Waals surface area contributed by atoms with Gasteiger partial charge in [-0.25, -0.2) is 4.98 Å². The molecule has 0 atom stereocenters. The maximum Gasteiger partial charge on any atom is 0.203 e. The molecule has 0 bridgehead atoms. The molecule has 0 spiro atoms. The zero-order chi connectivity index (χ0) is 15.2. The number of methoxy groups -OCH3 is 3. The molecule has 1 N–H and O–H groups in total. The summed E-state index contributed by atoms with van der Waals surface area (Å²) in [5.41, 5.74) is 0. The van der Waals surface area contributed by atoms with Crippen molar-refractivity contribution in [1.29, 1.82) is 0 Å². The monoisotopic (exact) mass is 290 g/mol. The Balaban J connectivity index is 2.35. The number of ether oxygens (including phenoxy) is 4. The first-order valence-corrected chi connectivity index (χ1v) is 6.33. The van der Waals surface area contributed by atoms with Gasteiger partial charge in [0, 0.05) is 31.4 Å². The highest BCUT2D eigenvalue weighted by Crippen LogP contribution is 2.41. The highest BCUT2D eigenvalue weighted by Gasteiger charge is 2.14. The second kappa shape index (κ2) is 6.69. The van der Waals surface area contributed by atoms with E-state index >= 15 is 0 Å². The van der Waals surface area contributed by atoms with Crippen molar-refractivity contribution in [3.8, 4) is 28.7 Å². The first-order valence-electron chi connectivity index (χ1n) is 6.33. The summed E-state index contributed by atoms with van der Waals surface area (Å²) in [5.74, 6) is 3.56. The maximum atomic E-state index is 5.81. The topological polar surface area (TPSA) is 61.8 Å². The molecular weight excluding hydrogens is 272 g/mol. The van der Waals surface area contributed by atoms with Gasteiger partial charge in [-0.15, -0.1) is 0 Å². The molecule has 0 aliphatic rings. The molecule has 112 valence electrons. The maximum absolute atomic E-state index is 5.81. The molecule has 6 heteroatoms. The van der Waals surface area contributed by atoms with E-state index in [1.165, 1.54) is 0 Å². The first-order chi connectivity index (χ1) is 10.2. The fourth-order valence-electron chi connectivity index (χ4n) is 1.86. The van der Waals surface area contributed by atoms with Crippen molar-refractivity contribution in [2.45, 2.75) is 0 Å². The molecule has 21 heavy (non-hydrogen) atoms. The molecule has 0 unspecified atom stereocenters. The zero-order valence-corrected chi connectivity index (χ0v) is 12.5. The lowest BCUT2D eigenvalue weighted by Crippen LogP contribution is -1.96. The average Bonchev–Trinajstić information content (AvgIpc) is 2.53. The highest BCUT2D eigenvalue weighted by molar-refractivity contribution is 5.56. The van der Waals surface area contributed by atoms with Crippen LogP contribution in [0.5, 0.6) is 28.7 Å². The summed E-state index contributed by atoms with van der Waals surface area (Å²) in [4.78, 5) is 4.13. The van der Waals surface area contributed by atoms with Crippen LogP contribution in [0, 0.1) is 0 Å². The van der Waals surface area contributed by atoms with Crippen molar-refractivity contribution in [1.82, 2.24) is 4.98 Å². The van der Waals surface area contributed by atoms with Crippen molar-refractivity contribution in [2.24, 2.45) is 0 Å². The number of hydrogen-bond acceptors (Lipinski definition) is 6. The van der Waals surface area contributed by atoms with Gasteiger partial charge in [-0.1, -0.05) is 0 Å². The quantitative estimate of drug-likeness (QED) is 0.882. The number of anilines is 1. The Kier molecular flexibility index (Phi) is 4.71. The third-order valence-electron chi connectivity index (χ3n) is 2.86. The van der Waals surface area contributed by atoms with E-state index in [0.29, 0.717) is 28.7 Å². The van der Waals surface area contributed by atoms with Gasteiger partial charge < -0.3 is 24.3 Å². The van der Waals surface area contributed by atoms with Crippen LogP contribution in [0.25, 0.3) is 0 Å². The molecule has 2 aromatic rings. The van der Waals surface area contributed by atoms with Gasteiger partial charge in [-0.2, -0.15) is 0 Å². The van der Waals surface area contributed by atoms with Crippen LogP contribution in [0.3, 0.4) is 0 Å². The van der Waals surface area contributed by atoms with Crippen LogP contribution < -0.4 is 24.3 Å². The van der Waals surface area contributed by atoms with E-state index in [9.17, 15) is 0 Å². The molecule has 0 radical (unpaired) electrons. The molecule has 0 amide bonds. The summed E-state index contributed by atoms with van der Waals surface area (Å²) >= 11 is 0. The van der Waals surface area contributed by atoms with E-state index in [0.717, 1.165) is 5.82 Å². The molecule has 0 saturated heterocycles. The molecular formula is C15H18N2O4. The van der Waals surface area contributed by atoms with Crippen molar-refractivity contribution >= 4 is 5.82 Å². The van der Waals surface area contributed by atoms with Gasteiger partial charge in [-0.3, -0.25) is 0 Å². The first kappa shape index (κ1) is 14.8. The van der Waals surface area contributed by atoms with Crippen LogP contribution in [0.2, 0.25) is 0 Å². The Bertz CT molecular complexity index is 591. The number of pyridine rings is 1. The zero-order valence-electron chi connectivity index (χ0n) is 12.5. The molecule has 1 aromatic heterocycles. The van der Waals surface area contributed by atoms with E-state index in [1.807, 2.05) is 0 Å². The number of hydrogen-bond donors (Lipinski definition) is 1. The van der Waals surface area contributed by atoms with E-state index in [1.54, 1.807) is 58.8 Å². The van der Waals surface area contributed by atoms with Gasteiger partial charge in [0.25, 0.3) is 0 Å². The lowest BCUT2D eigenvalue weighted by atomic mass is 10.2. The van der Waals surface area contributed by atoms with Crippen LogP contribution in [0.4, 0.5) is 5.82 Å². The van der Waals surface area contributed by atoms with Crippen molar-refractivity contribution in [3.05, 3.63) is 30.5 Å². The SMILES string of the molecule is CNc1cc(Oc2cc(OC)c(OC)c(OC)c2)ccn1. The Hall–Kier alpha value is -2.63. The number of nitrogens with one attached hydrogen (secondary N) is 1. The summed E-state index contributed by atoms with van der Waals surface area (Å²) in [6.07, 6.45) is 1.67. The van der Waals surface area contributed by atoms with Crippen LogP contribution in [-0.4, -0.2) is 33.4 Å². The predicted molar refractivity (Wildman–Crippen MR) is 80.0 cm³/mol. The van der Waals surface area contributed by atoms with Gasteiger partial charge in [0.1, 0.15) is 17.3 Å². The lowest BCUT2D eigenvalue weighted by molar-refractivity contribution is 0.321. The highest BCUT2D eigenvalue weighted by atomic mass is 16.5. The summed E-state index contributed by atoms with van der Waals surface area (Å²) in [6.45, 7) is 0. The van der Waals surface area contributed by atoms with Crippen molar-refractivity contribution in [3.63, 3.8) is 0 Å². The fourth-order valence-corrected chi connectivity index (χ4v) is 1.86. The largest absolute Gasteiger partial charge is 0.493 e. The van der Waals surface area contributed by atoms with Gasteiger partial charge in [0.05, 0.1) is 21.3 Å². The Morgan fingerprint density at radius 3 is 2.10 bits per heavy atom. The van der Waals surface area contributed by atoms with Crippen LogP contribution in [0.1, 0.15) is 0 Å². The number of aromatic nitrogens is 1. The van der Waals surface area contributed by atoms with Crippen molar-refractivity contribution in [2.75, 3.05) is 33.7 Å². The molecule has 1 aromatic carbocycles. The smallest absolute Gasteiger partial charge is 0.203 e. The molecule has 0 fully saturated rings. The number of benzene rings is 1. The van der Waals surface area contributed by atoms with Gasteiger partial charge in [-0.05, 0) is 6.07 Å². The van der Waals surface area contributed by atoms with Crippen LogP contribution in [-0.2, 0) is 0 Å². The van der Waals surface area contributed by atoms with E-state index < -0.39 is 0 Å². The van der Waals surface area contributed by atoms with E-state index in [-0.39, 0.29) is 0 Å². The molecule has 2 rings (SSSR count). The van der Waals surface area contributed by atoms with Crippen molar-refractivity contribution < 1.29 is 18.9 Å². The van der Waals surface area contributed by atoms with Crippen LogP contribution >= 0.6 is 0 Å². The van der Waals surface area contributed by atoms with Crippen LogP contribution in [0.15, 0.2) is 30.5 Å². The average molecular weight is 290 g/mol. The third kappa shape index (κ3) is 3.28. The second-order valence-electron chi connectivity index (χ2n) is 4.09. The molecule has 1 heterocycles. The number of nitrogens with zero attached hydrogens (tertiary/aromatic N) is 1. The van der Waals surface area contributed by atoms with E-state index in [4.69, 9.17) is 18.9 Å². The predicted octanol–water partition coefficient (Wildman–Crippen LogP) is 2.94. The third-order valence-corrected chi connectivity index (χ3v) is 2.86. The summed E-state index contributed by atoms with van der Waals surface area (Å²) in [6, 6.07) is 7.04. The molecule has 6 nitrogen and oxygen atoms in total. The summed E-state index contributed by atoms with van der Waals surface area (Å²) in [7, 11) is 6.48. The van der Waals surface area contributed by atoms with Gasteiger partial charge in [0.2, 0.25) is 5.75 Å². The van der Waals surface area contributed by atoms with Gasteiger partial charge in [0.15, 0.2) is 11.5 Å². The second-order valence-corrected chi connectivity index (χ2v) is 4.09. The fraction of sp³-hybridized carbons (Fsp3) is 0.267. The van der Waals surface area contributed by atoms with Gasteiger partial charge >= 0.3 is 0 Å². The molecule has 0 aliphatic carbocycles. The number of rotatable bonds is 6. The minimum atomic E-state index is 0.526. The lowest BCUT2D eigenvalue weighted by Gasteiger charge is -2.14. The normalized spacial score (nSPS) is 9.90. The Morgan fingerprint density at radius 2 is 1.57 bits per heavy atom. The minimum absolute atomic E-state index is 0.526. The summed E-state index contributed by atoms with van der Waals surface area (Å²) < 4.78 is 21.7. The molecule has 0 aliphatic heterocycles. The van der Waals surface area contributed by atoms with E-state index in [2.05, 4.69) is 10.3 Å². The Morgan fingerprint density at radius 1 is 0.905 bits per heavy atom. The summed E-state index contributed by atoms with van der Waals surface area (Å²) in [5, 5.41) is 2.96.